The van der Waals surface area contributed by atoms with Gasteiger partial charge in [-0.1, -0.05) is 23.7 Å². The fourth-order valence-electron chi connectivity index (χ4n) is 4.08. The first-order valence-electron chi connectivity index (χ1n) is 8.07. The molecule has 2 saturated carbocycles. The summed E-state index contributed by atoms with van der Waals surface area (Å²) < 4.78 is 5.14. The highest BCUT2D eigenvalue weighted by atomic mass is 35.5. The van der Waals surface area contributed by atoms with Crippen LogP contribution in [0.3, 0.4) is 0 Å². The van der Waals surface area contributed by atoms with E-state index in [1.807, 2.05) is 0 Å². The third kappa shape index (κ3) is 3.61. The van der Waals surface area contributed by atoms with Crippen LogP contribution in [-0.4, -0.2) is 26.8 Å². The molecule has 116 valence electrons. The van der Waals surface area contributed by atoms with Gasteiger partial charge in [0.2, 0.25) is 0 Å². The highest BCUT2D eigenvalue weighted by Gasteiger charge is 2.53. The molecule has 2 atom stereocenters. The van der Waals surface area contributed by atoms with Crippen molar-refractivity contribution >= 4 is 11.6 Å². The number of methoxy groups -OCH3 is 1. The molecule has 2 aliphatic rings. The van der Waals surface area contributed by atoms with Gasteiger partial charge in [0.15, 0.2) is 0 Å². The van der Waals surface area contributed by atoms with Crippen molar-refractivity contribution in [3.05, 3.63) is 34.3 Å². The highest BCUT2D eigenvalue weighted by Crippen LogP contribution is 2.60. The second kappa shape index (κ2) is 6.28. The molecular weight excluding hydrogens is 282 g/mol. The van der Waals surface area contributed by atoms with E-state index in [4.69, 9.17) is 16.3 Å². The predicted octanol–water partition coefficient (Wildman–Crippen LogP) is 3.84. The standard InChI is InChI=1S/C18H26ClNO/c1-13-3-4-14(17(19)7-13)9-18(12-20-5-6-21-2)10-15-8-16(15)11-18/h3-4,7,15-16,20H,5-6,8-12H2,1-2H3. The molecule has 0 bridgehead atoms. The second-order valence-electron chi connectivity index (χ2n) is 7.11. The molecule has 0 aliphatic heterocycles. The van der Waals surface area contributed by atoms with Gasteiger partial charge in [-0.15, -0.1) is 0 Å². The van der Waals surface area contributed by atoms with Gasteiger partial charge in [0.1, 0.15) is 0 Å². The molecule has 2 unspecified atom stereocenters. The monoisotopic (exact) mass is 307 g/mol. The number of hydrogen-bond acceptors (Lipinski definition) is 2. The lowest BCUT2D eigenvalue weighted by Crippen LogP contribution is -2.36. The first kappa shape index (κ1) is 15.3. The molecule has 0 aromatic heterocycles. The number of benzene rings is 1. The van der Waals surface area contributed by atoms with Gasteiger partial charge in [-0.25, -0.2) is 0 Å². The molecule has 3 rings (SSSR count). The summed E-state index contributed by atoms with van der Waals surface area (Å²) in [6, 6.07) is 6.50. The quantitative estimate of drug-likeness (QED) is 0.773. The van der Waals surface area contributed by atoms with Crippen LogP contribution in [-0.2, 0) is 11.2 Å². The van der Waals surface area contributed by atoms with Crippen molar-refractivity contribution in [2.24, 2.45) is 17.3 Å². The minimum Gasteiger partial charge on any atom is -0.383 e. The van der Waals surface area contributed by atoms with Gasteiger partial charge in [0.05, 0.1) is 6.61 Å². The molecule has 0 heterocycles. The maximum Gasteiger partial charge on any atom is 0.0587 e. The Morgan fingerprint density at radius 1 is 1.33 bits per heavy atom. The molecule has 2 fully saturated rings. The van der Waals surface area contributed by atoms with E-state index < -0.39 is 0 Å². The van der Waals surface area contributed by atoms with Crippen LogP contribution in [0.1, 0.15) is 30.4 Å². The molecule has 2 nitrogen and oxygen atoms in total. The van der Waals surface area contributed by atoms with Crippen molar-refractivity contribution in [2.45, 2.75) is 32.6 Å². The van der Waals surface area contributed by atoms with Crippen molar-refractivity contribution in [2.75, 3.05) is 26.8 Å². The Labute approximate surface area is 133 Å². The van der Waals surface area contributed by atoms with Crippen LogP contribution in [0, 0.1) is 24.2 Å². The molecule has 1 aromatic rings. The van der Waals surface area contributed by atoms with Gasteiger partial charge in [-0.05, 0) is 67.1 Å². The molecule has 2 aliphatic carbocycles. The summed E-state index contributed by atoms with van der Waals surface area (Å²) >= 11 is 6.46. The van der Waals surface area contributed by atoms with Crippen molar-refractivity contribution in [3.63, 3.8) is 0 Å². The lowest BCUT2D eigenvalue weighted by molar-refractivity contribution is 0.186. The van der Waals surface area contributed by atoms with Crippen LogP contribution in [0.15, 0.2) is 18.2 Å². The first-order chi connectivity index (χ1) is 10.1. The van der Waals surface area contributed by atoms with Crippen LogP contribution < -0.4 is 5.32 Å². The van der Waals surface area contributed by atoms with E-state index in [9.17, 15) is 0 Å². The summed E-state index contributed by atoms with van der Waals surface area (Å²) in [6.45, 7) is 4.92. The third-order valence-corrected chi connectivity index (χ3v) is 5.57. The zero-order valence-electron chi connectivity index (χ0n) is 13.1. The third-order valence-electron chi connectivity index (χ3n) is 5.22. The summed E-state index contributed by atoms with van der Waals surface area (Å²) in [4.78, 5) is 0. The van der Waals surface area contributed by atoms with Crippen LogP contribution in [0.5, 0.6) is 0 Å². The lowest BCUT2D eigenvalue weighted by atomic mass is 9.77. The summed E-state index contributed by atoms with van der Waals surface area (Å²) in [6.07, 6.45) is 5.30. The number of halogens is 1. The lowest BCUT2D eigenvalue weighted by Gasteiger charge is -2.32. The van der Waals surface area contributed by atoms with E-state index in [1.54, 1.807) is 7.11 Å². The second-order valence-corrected chi connectivity index (χ2v) is 7.51. The number of rotatable bonds is 7. The summed E-state index contributed by atoms with van der Waals surface area (Å²) in [7, 11) is 1.76. The van der Waals surface area contributed by atoms with E-state index in [0.717, 1.165) is 43.0 Å². The topological polar surface area (TPSA) is 21.3 Å². The maximum absolute atomic E-state index is 6.46. The highest BCUT2D eigenvalue weighted by molar-refractivity contribution is 6.31. The number of ether oxygens (including phenoxy) is 1. The van der Waals surface area contributed by atoms with E-state index >= 15 is 0 Å². The Balaban J connectivity index is 1.67. The van der Waals surface area contributed by atoms with Crippen LogP contribution in [0.4, 0.5) is 0 Å². The Bertz CT molecular complexity index is 492. The van der Waals surface area contributed by atoms with Crippen molar-refractivity contribution in [3.8, 4) is 0 Å². The van der Waals surface area contributed by atoms with Gasteiger partial charge in [-0.2, -0.15) is 0 Å². The van der Waals surface area contributed by atoms with E-state index in [1.165, 1.54) is 30.4 Å². The maximum atomic E-state index is 6.46. The van der Waals surface area contributed by atoms with Gasteiger partial charge >= 0.3 is 0 Å². The minimum atomic E-state index is 0.403. The van der Waals surface area contributed by atoms with Crippen molar-refractivity contribution in [1.29, 1.82) is 0 Å². The van der Waals surface area contributed by atoms with Crippen LogP contribution in [0.25, 0.3) is 0 Å². The summed E-state index contributed by atoms with van der Waals surface area (Å²) in [5.41, 5.74) is 2.96. The smallest absolute Gasteiger partial charge is 0.0587 e. The largest absolute Gasteiger partial charge is 0.383 e. The Hall–Kier alpha value is -0.570. The van der Waals surface area contributed by atoms with Gasteiger partial charge in [0.25, 0.3) is 0 Å². The molecule has 21 heavy (non-hydrogen) atoms. The number of nitrogens with one attached hydrogen (secondary N) is 1. The fraction of sp³-hybridized carbons (Fsp3) is 0.667. The SMILES string of the molecule is COCCNCC1(Cc2ccc(C)cc2Cl)CC2CC2C1. The molecular formula is C18H26ClNO. The van der Waals surface area contributed by atoms with E-state index in [2.05, 4.69) is 30.4 Å². The van der Waals surface area contributed by atoms with E-state index in [0.29, 0.717) is 5.41 Å². The molecule has 3 heteroatoms. The van der Waals surface area contributed by atoms with Gasteiger partial charge < -0.3 is 10.1 Å². The average molecular weight is 308 g/mol. The van der Waals surface area contributed by atoms with Gasteiger partial charge in [0, 0.05) is 25.2 Å². The van der Waals surface area contributed by atoms with Gasteiger partial charge in [-0.3, -0.25) is 0 Å². The molecule has 0 radical (unpaired) electrons. The fourth-order valence-corrected chi connectivity index (χ4v) is 4.39. The molecule has 1 aromatic carbocycles. The molecule has 0 spiro atoms. The first-order valence-corrected chi connectivity index (χ1v) is 8.44. The number of aryl methyl sites for hydroxylation is 1. The van der Waals surface area contributed by atoms with E-state index in [-0.39, 0.29) is 0 Å². The summed E-state index contributed by atoms with van der Waals surface area (Å²) in [5.74, 6) is 1.97. The Morgan fingerprint density at radius 2 is 2.10 bits per heavy atom. The minimum absolute atomic E-state index is 0.403. The number of fused-ring (bicyclic) bond motifs is 1. The summed E-state index contributed by atoms with van der Waals surface area (Å²) in [5, 5.41) is 4.53. The molecule has 0 saturated heterocycles. The van der Waals surface area contributed by atoms with Crippen LogP contribution >= 0.6 is 11.6 Å². The normalized spacial score (nSPS) is 30.4. The van der Waals surface area contributed by atoms with Crippen molar-refractivity contribution in [1.82, 2.24) is 5.32 Å². The van der Waals surface area contributed by atoms with Crippen molar-refractivity contribution < 1.29 is 4.74 Å². The Kier molecular flexibility index (Phi) is 4.58. The average Bonchev–Trinajstić information content (AvgIpc) is 3.07. The molecule has 1 N–H and O–H groups in total. The Morgan fingerprint density at radius 3 is 2.76 bits per heavy atom. The predicted molar refractivity (Wildman–Crippen MR) is 87.9 cm³/mol. The van der Waals surface area contributed by atoms with Crippen LogP contribution in [0.2, 0.25) is 5.02 Å². The zero-order chi connectivity index (χ0) is 14.9. The zero-order valence-corrected chi connectivity index (χ0v) is 13.9. The molecule has 0 amide bonds. The number of hydrogen-bond donors (Lipinski definition) is 1.